The van der Waals surface area contributed by atoms with E-state index in [1.54, 1.807) is 13.8 Å². The van der Waals surface area contributed by atoms with Crippen LogP contribution in [0, 0.1) is 17.8 Å². The summed E-state index contributed by atoms with van der Waals surface area (Å²) in [6.45, 7) is 5.99. The first-order chi connectivity index (χ1) is 8.00. The Hall–Kier alpha value is -2.03. The summed E-state index contributed by atoms with van der Waals surface area (Å²) in [4.78, 5) is 33.7. The molecule has 0 spiro atoms. The van der Waals surface area contributed by atoms with Gasteiger partial charge in [0.15, 0.2) is 0 Å². The summed E-state index contributed by atoms with van der Waals surface area (Å²) in [5, 5.41) is 13.3. The summed E-state index contributed by atoms with van der Waals surface area (Å²) in [6.07, 6.45) is 4.87. The number of rotatable bonds is 4. The number of carbonyl (C=O) groups excluding carboxylic acids is 2. The van der Waals surface area contributed by atoms with Crippen molar-refractivity contribution >= 4 is 17.9 Å². The van der Waals surface area contributed by atoms with Gasteiger partial charge in [-0.3, -0.25) is 14.9 Å². The number of amides is 3. The number of imide groups is 1. The van der Waals surface area contributed by atoms with Gasteiger partial charge in [0, 0.05) is 6.42 Å². The highest BCUT2D eigenvalue weighted by Crippen LogP contribution is 2.19. The minimum Gasteiger partial charge on any atom is -0.481 e. The van der Waals surface area contributed by atoms with Gasteiger partial charge in [-0.05, 0) is 27.7 Å². The topological polar surface area (TPSA) is 95.5 Å². The highest BCUT2D eigenvalue weighted by molar-refractivity contribution is 5.96. The van der Waals surface area contributed by atoms with Crippen molar-refractivity contribution in [1.29, 1.82) is 0 Å². The predicted molar refractivity (Wildman–Crippen MR) is 65.6 cm³/mol. The normalized spacial score (nSPS) is 11.3. The summed E-state index contributed by atoms with van der Waals surface area (Å²) in [6, 6.07) is -0.746. The lowest BCUT2D eigenvalue weighted by atomic mass is 9.89. The second-order valence-corrected chi connectivity index (χ2v) is 5.14. The number of hydrogen-bond acceptors (Lipinski definition) is 3. The Labute approximate surface area is 106 Å². The summed E-state index contributed by atoms with van der Waals surface area (Å²) in [5.41, 5.74) is -2.11. The number of terminal acetylenes is 1. The molecule has 6 heteroatoms. The van der Waals surface area contributed by atoms with Crippen LogP contribution in [0.1, 0.15) is 34.1 Å². The molecule has 0 radical (unpaired) electrons. The molecular formula is C12H18N2O4. The smallest absolute Gasteiger partial charge is 0.322 e. The Morgan fingerprint density at radius 3 is 2.11 bits per heavy atom. The second kappa shape index (κ2) is 5.54. The Morgan fingerprint density at radius 2 is 1.72 bits per heavy atom. The van der Waals surface area contributed by atoms with Crippen molar-refractivity contribution in [1.82, 2.24) is 10.6 Å². The molecule has 0 saturated carbocycles. The van der Waals surface area contributed by atoms with Crippen molar-refractivity contribution in [3.8, 4) is 12.3 Å². The lowest BCUT2D eigenvalue weighted by molar-refractivity contribution is -0.149. The minimum absolute atomic E-state index is 0.299. The summed E-state index contributed by atoms with van der Waals surface area (Å²) in [5.74, 6) is 0.552. The number of urea groups is 1. The van der Waals surface area contributed by atoms with Gasteiger partial charge < -0.3 is 10.4 Å². The van der Waals surface area contributed by atoms with Gasteiger partial charge in [0.1, 0.15) is 0 Å². The SMILES string of the molecule is C#CC(C)(C)NC(=O)NC(=O)CC(C)(C)C(=O)O. The average molecular weight is 254 g/mol. The first kappa shape index (κ1) is 16.0. The summed E-state index contributed by atoms with van der Waals surface area (Å²) >= 11 is 0. The maximum atomic E-state index is 11.5. The number of nitrogens with one attached hydrogen (secondary N) is 2. The number of carboxylic acid groups (broad SMARTS) is 1. The monoisotopic (exact) mass is 254 g/mol. The predicted octanol–water partition coefficient (Wildman–Crippen LogP) is 0.725. The maximum absolute atomic E-state index is 11.5. The fourth-order valence-electron chi connectivity index (χ4n) is 0.999. The van der Waals surface area contributed by atoms with Crippen LogP contribution in [0.3, 0.4) is 0 Å². The largest absolute Gasteiger partial charge is 0.481 e. The Balaban J connectivity index is 4.40. The highest BCUT2D eigenvalue weighted by atomic mass is 16.4. The Kier molecular flexibility index (Phi) is 4.91. The van der Waals surface area contributed by atoms with Gasteiger partial charge in [-0.1, -0.05) is 5.92 Å². The molecule has 0 rings (SSSR count). The number of hydrogen-bond donors (Lipinski definition) is 3. The van der Waals surface area contributed by atoms with Crippen molar-refractivity contribution < 1.29 is 19.5 Å². The van der Waals surface area contributed by atoms with Gasteiger partial charge in [-0.15, -0.1) is 6.42 Å². The molecule has 0 aliphatic carbocycles. The van der Waals surface area contributed by atoms with Gasteiger partial charge in [-0.25, -0.2) is 4.79 Å². The first-order valence-corrected chi connectivity index (χ1v) is 5.33. The van der Waals surface area contributed by atoms with E-state index in [0.29, 0.717) is 0 Å². The van der Waals surface area contributed by atoms with E-state index < -0.39 is 28.9 Å². The van der Waals surface area contributed by atoms with Gasteiger partial charge in [0.25, 0.3) is 0 Å². The molecule has 3 N–H and O–H groups in total. The van der Waals surface area contributed by atoms with Crippen LogP contribution in [0.2, 0.25) is 0 Å². The van der Waals surface area contributed by atoms with E-state index in [4.69, 9.17) is 11.5 Å². The molecule has 0 unspecified atom stereocenters. The number of carbonyl (C=O) groups is 3. The molecular weight excluding hydrogens is 236 g/mol. The third-order valence-corrected chi connectivity index (χ3v) is 2.22. The van der Waals surface area contributed by atoms with Crippen LogP contribution >= 0.6 is 0 Å². The molecule has 0 aliphatic rings. The number of aliphatic carboxylic acids is 1. The molecule has 6 nitrogen and oxygen atoms in total. The van der Waals surface area contributed by atoms with E-state index in [-0.39, 0.29) is 6.42 Å². The first-order valence-electron chi connectivity index (χ1n) is 5.33. The molecule has 0 aromatic heterocycles. The van der Waals surface area contributed by atoms with E-state index in [0.717, 1.165) is 0 Å². The van der Waals surface area contributed by atoms with Crippen LogP contribution in [0.15, 0.2) is 0 Å². The molecule has 0 aromatic rings. The summed E-state index contributed by atoms with van der Waals surface area (Å²) in [7, 11) is 0. The fraction of sp³-hybridized carbons (Fsp3) is 0.583. The lowest BCUT2D eigenvalue weighted by Crippen LogP contribution is -2.49. The van der Waals surface area contributed by atoms with E-state index in [2.05, 4.69) is 11.2 Å². The summed E-state index contributed by atoms with van der Waals surface area (Å²) < 4.78 is 0. The Bertz CT molecular complexity index is 405. The van der Waals surface area contributed by atoms with E-state index in [9.17, 15) is 14.4 Å². The van der Waals surface area contributed by atoms with Crippen molar-refractivity contribution in [2.45, 2.75) is 39.7 Å². The fourth-order valence-corrected chi connectivity index (χ4v) is 0.999. The third-order valence-electron chi connectivity index (χ3n) is 2.22. The maximum Gasteiger partial charge on any atom is 0.322 e. The van der Waals surface area contributed by atoms with Crippen LogP contribution in [0.5, 0.6) is 0 Å². The molecule has 0 fully saturated rings. The van der Waals surface area contributed by atoms with Gasteiger partial charge >= 0.3 is 12.0 Å². The highest BCUT2D eigenvalue weighted by Gasteiger charge is 2.31. The molecule has 0 aromatic carbocycles. The van der Waals surface area contributed by atoms with Crippen molar-refractivity contribution in [3.05, 3.63) is 0 Å². The van der Waals surface area contributed by atoms with Crippen molar-refractivity contribution in [2.75, 3.05) is 0 Å². The molecule has 3 amide bonds. The van der Waals surface area contributed by atoms with Crippen LogP contribution in [0.4, 0.5) is 4.79 Å². The van der Waals surface area contributed by atoms with Crippen molar-refractivity contribution in [3.63, 3.8) is 0 Å². The zero-order chi connectivity index (χ0) is 14.6. The minimum atomic E-state index is -1.23. The molecule has 18 heavy (non-hydrogen) atoms. The van der Waals surface area contributed by atoms with Gasteiger partial charge in [-0.2, -0.15) is 0 Å². The van der Waals surface area contributed by atoms with Crippen LogP contribution < -0.4 is 10.6 Å². The van der Waals surface area contributed by atoms with Gasteiger partial charge in [0.05, 0.1) is 11.0 Å². The van der Waals surface area contributed by atoms with Crippen LogP contribution in [0.25, 0.3) is 0 Å². The standard InChI is InChI=1S/C12H18N2O4/c1-6-12(4,5)14-10(18)13-8(15)7-11(2,3)9(16)17/h1H,7H2,2-5H3,(H,16,17)(H2,13,14,15,18). The van der Waals surface area contributed by atoms with Crippen LogP contribution in [-0.2, 0) is 9.59 Å². The van der Waals surface area contributed by atoms with Crippen molar-refractivity contribution in [2.24, 2.45) is 5.41 Å². The molecule has 0 bridgehead atoms. The van der Waals surface area contributed by atoms with E-state index >= 15 is 0 Å². The van der Waals surface area contributed by atoms with Crippen LogP contribution in [-0.4, -0.2) is 28.6 Å². The Morgan fingerprint density at radius 1 is 1.22 bits per heavy atom. The molecule has 0 saturated heterocycles. The average Bonchev–Trinajstić information content (AvgIpc) is 2.14. The lowest BCUT2D eigenvalue weighted by Gasteiger charge is -2.21. The quantitative estimate of drug-likeness (QED) is 0.644. The molecule has 0 heterocycles. The molecule has 0 aliphatic heterocycles. The van der Waals surface area contributed by atoms with E-state index in [1.807, 2.05) is 5.32 Å². The number of carboxylic acids is 1. The zero-order valence-corrected chi connectivity index (χ0v) is 11.0. The van der Waals surface area contributed by atoms with Gasteiger partial charge in [0.2, 0.25) is 5.91 Å². The molecule has 100 valence electrons. The zero-order valence-electron chi connectivity index (χ0n) is 11.0. The molecule has 0 atom stereocenters. The van der Waals surface area contributed by atoms with E-state index in [1.165, 1.54) is 13.8 Å². The second-order valence-electron chi connectivity index (χ2n) is 5.14. The third kappa shape index (κ3) is 5.34.